The summed E-state index contributed by atoms with van der Waals surface area (Å²) in [5.74, 6) is 0.495. The molecule has 0 amide bonds. The quantitative estimate of drug-likeness (QED) is 0.449. The first-order chi connectivity index (χ1) is 12.6. The molecule has 0 heterocycles. The van der Waals surface area contributed by atoms with Crippen molar-refractivity contribution in [1.29, 1.82) is 0 Å². The average Bonchev–Trinajstić information content (AvgIpc) is 2.52. The molecule has 1 aliphatic carbocycles. The zero-order chi connectivity index (χ0) is 20.2. The molecule has 1 aromatic rings. The lowest BCUT2D eigenvalue weighted by Crippen LogP contribution is -2.21. The average molecular weight is 391 g/mol. The molecule has 152 valence electrons. The highest BCUT2D eigenvalue weighted by Crippen LogP contribution is 2.48. The fourth-order valence-corrected chi connectivity index (χ4v) is 6.78. The van der Waals surface area contributed by atoms with Gasteiger partial charge in [-0.05, 0) is 62.5 Å². The Kier molecular flexibility index (Phi) is 8.07. The fourth-order valence-electron chi connectivity index (χ4n) is 4.56. The van der Waals surface area contributed by atoms with Gasteiger partial charge in [-0.3, -0.25) is 4.79 Å². The molecule has 0 N–H and O–H groups in total. The number of rotatable bonds is 7. The van der Waals surface area contributed by atoms with Crippen LogP contribution < -0.4 is 0 Å². The highest BCUT2D eigenvalue weighted by molar-refractivity contribution is 7.71. The van der Waals surface area contributed by atoms with Gasteiger partial charge in [0.05, 0.1) is 6.10 Å². The highest BCUT2D eigenvalue weighted by Gasteiger charge is 2.30. The third kappa shape index (κ3) is 6.99. The maximum absolute atomic E-state index is 13.6. The third-order valence-corrected chi connectivity index (χ3v) is 7.57. The van der Waals surface area contributed by atoms with Gasteiger partial charge in [-0.1, -0.05) is 64.7 Å². The summed E-state index contributed by atoms with van der Waals surface area (Å²) in [5, 5.41) is 0. The van der Waals surface area contributed by atoms with E-state index in [0.717, 1.165) is 42.1 Å². The van der Waals surface area contributed by atoms with E-state index in [4.69, 9.17) is 4.52 Å². The van der Waals surface area contributed by atoms with Gasteiger partial charge < -0.3 is 4.52 Å². The normalized spacial score (nSPS) is 18.3. The van der Waals surface area contributed by atoms with E-state index in [1.54, 1.807) is 0 Å². The van der Waals surface area contributed by atoms with Crippen LogP contribution in [0.3, 0.4) is 0 Å². The van der Waals surface area contributed by atoms with E-state index in [1.807, 2.05) is 0 Å². The second-order valence-electron chi connectivity index (χ2n) is 9.88. The van der Waals surface area contributed by atoms with Crippen LogP contribution in [0, 0.1) is 32.1 Å². The molecular weight excluding hydrogens is 351 g/mol. The van der Waals surface area contributed by atoms with Crippen LogP contribution in [0.4, 0.5) is 0 Å². The monoisotopic (exact) mass is 390 g/mol. The van der Waals surface area contributed by atoms with Gasteiger partial charge in [0.15, 0.2) is 0 Å². The molecule has 1 saturated carbocycles. The largest absolute Gasteiger partial charge is 0.348 e. The first-order valence-corrected chi connectivity index (χ1v) is 12.1. The van der Waals surface area contributed by atoms with E-state index in [2.05, 4.69) is 60.6 Å². The Labute approximate surface area is 168 Å². The lowest BCUT2D eigenvalue weighted by molar-refractivity contribution is 0.103. The smallest absolute Gasteiger partial charge is 0.212 e. The van der Waals surface area contributed by atoms with Crippen molar-refractivity contribution in [2.45, 2.75) is 93.1 Å². The fraction of sp³-hybridized carbons (Fsp3) is 0.708. The topological polar surface area (TPSA) is 26.3 Å². The Bertz CT molecular complexity index is 615. The van der Waals surface area contributed by atoms with Gasteiger partial charge in [-0.2, -0.15) is 0 Å². The summed E-state index contributed by atoms with van der Waals surface area (Å²) in [7, 11) is -1.09. The van der Waals surface area contributed by atoms with Crippen LogP contribution in [0.25, 0.3) is 0 Å². The van der Waals surface area contributed by atoms with E-state index in [-0.39, 0.29) is 17.0 Å². The van der Waals surface area contributed by atoms with E-state index in [9.17, 15) is 4.79 Å². The number of carbonyl (C=O) groups is 1. The van der Waals surface area contributed by atoms with E-state index in [1.165, 1.54) is 24.8 Å². The van der Waals surface area contributed by atoms with Gasteiger partial charge in [-0.15, -0.1) is 0 Å². The molecule has 0 aromatic heterocycles. The molecule has 1 aromatic carbocycles. The summed E-state index contributed by atoms with van der Waals surface area (Å²) >= 11 is 0. The lowest BCUT2D eigenvalue weighted by atomic mass is 9.86. The van der Waals surface area contributed by atoms with Crippen molar-refractivity contribution < 1.29 is 9.32 Å². The van der Waals surface area contributed by atoms with E-state index < -0.39 is 8.15 Å². The van der Waals surface area contributed by atoms with Crippen LogP contribution in [0.2, 0.25) is 0 Å². The van der Waals surface area contributed by atoms with Gasteiger partial charge in [-0.25, -0.2) is 0 Å². The molecule has 1 aliphatic rings. The molecule has 2 nitrogen and oxygen atoms in total. The number of aryl methyl sites for hydroxylation is 3. The minimum atomic E-state index is -1.09. The Morgan fingerprint density at radius 2 is 1.67 bits per heavy atom. The molecule has 27 heavy (non-hydrogen) atoms. The SMILES string of the molecule is Cc1cc(C)c(C(=O)P(CC(C)CC(C)(C)C)OC2CCCCC2)c(C)c1. The van der Waals surface area contributed by atoms with Gasteiger partial charge in [0.1, 0.15) is 8.15 Å². The molecule has 2 atom stereocenters. The van der Waals surface area contributed by atoms with Gasteiger partial charge in [0.2, 0.25) is 5.52 Å². The van der Waals surface area contributed by atoms with E-state index in [0.29, 0.717) is 5.92 Å². The molecular formula is C24H39O2P. The number of benzene rings is 1. The van der Waals surface area contributed by atoms with E-state index >= 15 is 0 Å². The predicted molar refractivity (Wildman–Crippen MR) is 118 cm³/mol. The zero-order valence-electron chi connectivity index (χ0n) is 18.5. The molecule has 0 spiro atoms. The number of hydrogen-bond donors (Lipinski definition) is 0. The molecule has 1 fully saturated rings. The minimum Gasteiger partial charge on any atom is -0.348 e. The summed E-state index contributed by atoms with van der Waals surface area (Å²) in [6.07, 6.45) is 8.30. The van der Waals surface area contributed by atoms with Crippen molar-refractivity contribution in [2.75, 3.05) is 6.16 Å². The third-order valence-electron chi connectivity index (χ3n) is 5.38. The predicted octanol–water partition coefficient (Wildman–Crippen LogP) is 7.57. The van der Waals surface area contributed by atoms with Crippen molar-refractivity contribution in [1.82, 2.24) is 0 Å². The maximum atomic E-state index is 13.6. The lowest BCUT2D eigenvalue weighted by Gasteiger charge is -2.30. The number of hydrogen-bond acceptors (Lipinski definition) is 2. The van der Waals surface area contributed by atoms with Crippen molar-refractivity contribution in [3.05, 3.63) is 34.4 Å². The Morgan fingerprint density at radius 3 is 2.19 bits per heavy atom. The van der Waals surface area contributed by atoms with Crippen molar-refractivity contribution in [3.63, 3.8) is 0 Å². The Hall–Kier alpha value is -0.720. The van der Waals surface area contributed by atoms with Crippen LogP contribution >= 0.6 is 8.15 Å². The minimum absolute atomic E-state index is 0.256. The Morgan fingerprint density at radius 1 is 1.11 bits per heavy atom. The van der Waals surface area contributed by atoms with Gasteiger partial charge >= 0.3 is 0 Å². The van der Waals surface area contributed by atoms with Crippen LogP contribution in [-0.4, -0.2) is 17.8 Å². The van der Waals surface area contributed by atoms with Crippen LogP contribution in [0.1, 0.15) is 93.3 Å². The highest BCUT2D eigenvalue weighted by atomic mass is 31.1. The second kappa shape index (κ2) is 9.66. The van der Waals surface area contributed by atoms with Gasteiger partial charge in [0, 0.05) is 11.7 Å². The Balaban J connectivity index is 2.23. The molecule has 3 heteroatoms. The van der Waals surface area contributed by atoms with Gasteiger partial charge in [0.25, 0.3) is 0 Å². The molecule has 2 rings (SSSR count). The molecule has 2 unspecified atom stereocenters. The summed E-state index contributed by atoms with van der Waals surface area (Å²) in [4.78, 5) is 13.6. The maximum Gasteiger partial charge on any atom is 0.212 e. The molecule has 0 bridgehead atoms. The number of carbonyl (C=O) groups excluding carboxylic acids is 1. The van der Waals surface area contributed by atoms with Crippen molar-refractivity contribution in [3.8, 4) is 0 Å². The molecule has 0 aliphatic heterocycles. The van der Waals surface area contributed by atoms with Crippen LogP contribution in [0.15, 0.2) is 12.1 Å². The first-order valence-electron chi connectivity index (χ1n) is 10.6. The summed E-state index contributed by atoms with van der Waals surface area (Å²) < 4.78 is 6.55. The molecule has 0 saturated heterocycles. The zero-order valence-corrected chi connectivity index (χ0v) is 19.4. The first kappa shape index (κ1) is 22.6. The van der Waals surface area contributed by atoms with Crippen molar-refractivity contribution in [2.24, 2.45) is 11.3 Å². The summed E-state index contributed by atoms with van der Waals surface area (Å²) in [6, 6.07) is 4.26. The summed E-state index contributed by atoms with van der Waals surface area (Å²) in [6.45, 7) is 15.4. The second-order valence-corrected chi connectivity index (χ2v) is 11.6. The summed E-state index contributed by atoms with van der Waals surface area (Å²) in [5.41, 5.74) is 4.86. The van der Waals surface area contributed by atoms with Crippen LogP contribution in [-0.2, 0) is 4.52 Å². The van der Waals surface area contributed by atoms with Crippen molar-refractivity contribution >= 4 is 13.7 Å². The molecule has 0 radical (unpaired) electrons. The van der Waals surface area contributed by atoms with Crippen LogP contribution in [0.5, 0.6) is 0 Å². The standard InChI is InChI=1S/C24H39O2P/c1-17-13-19(3)22(20(4)14-17)23(25)27(16-18(2)15-24(5,6)7)26-21-11-9-8-10-12-21/h13-14,18,21H,8-12,15-16H2,1-7H3.